The van der Waals surface area contributed by atoms with Crippen LogP contribution in [0.25, 0.3) is 11.1 Å². The summed E-state index contributed by atoms with van der Waals surface area (Å²) < 4.78 is 23.8. The first-order valence-corrected chi connectivity index (χ1v) is 13.3. The van der Waals surface area contributed by atoms with Crippen LogP contribution < -0.4 is 18.9 Å². The minimum absolute atomic E-state index is 0.138. The lowest BCUT2D eigenvalue weighted by atomic mass is 9.89. The molecule has 0 heterocycles. The van der Waals surface area contributed by atoms with Gasteiger partial charge in [0.15, 0.2) is 11.5 Å². The van der Waals surface area contributed by atoms with Crippen LogP contribution in [0.15, 0.2) is 121 Å². The molecule has 5 aromatic rings. The predicted octanol–water partition coefficient (Wildman–Crippen LogP) is 8.47. The second-order valence-corrected chi connectivity index (χ2v) is 9.81. The number of methoxy groups -OCH3 is 1. The number of hydrogen-bond acceptors (Lipinski definition) is 6. The van der Waals surface area contributed by atoms with Gasteiger partial charge in [-0.15, -0.1) is 0 Å². The SMILES string of the molecule is C=C(C)C(=O)Oc1ccc(Oc2cc([C+]3c4ccccc4-c4ccccc43)cc(Oc3ccc(O)cc3)c2OC)cc1. The molecule has 0 unspecified atom stereocenters. The van der Waals surface area contributed by atoms with Crippen LogP contribution in [0.5, 0.6) is 40.2 Å². The first-order chi connectivity index (χ1) is 20.4. The number of carbonyl (C=O) groups excluding carboxylic acids is 1. The van der Waals surface area contributed by atoms with Gasteiger partial charge in [0.2, 0.25) is 5.75 Å². The maximum atomic E-state index is 11.9. The maximum Gasteiger partial charge on any atom is 0.338 e. The van der Waals surface area contributed by atoms with Crippen LogP contribution in [0.1, 0.15) is 23.6 Å². The second-order valence-electron chi connectivity index (χ2n) is 9.81. The van der Waals surface area contributed by atoms with Crippen molar-refractivity contribution in [3.05, 3.63) is 144 Å². The number of esters is 1. The highest BCUT2D eigenvalue weighted by molar-refractivity contribution is 5.89. The van der Waals surface area contributed by atoms with E-state index >= 15 is 0 Å². The molecule has 0 aliphatic heterocycles. The minimum atomic E-state index is -0.497. The van der Waals surface area contributed by atoms with Gasteiger partial charge in [-0.3, -0.25) is 0 Å². The Bertz CT molecular complexity index is 1740. The predicted molar refractivity (Wildman–Crippen MR) is 161 cm³/mol. The highest BCUT2D eigenvalue weighted by atomic mass is 16.5. The average Bonchev–Trinajstić information content (AvgIpc) is 3.33. The third kappa shape index (κ3) is 5.13. The number of aromatic hydroxyl groups is 1. The van der Waals surface area contributed by atoms with E-state index in [1.165, 1.54) is 0 Å². The fraction of sp³-hybridized carbons (Fsp3) is 0.0556. The van der Waals surface area contributed by atoms with Crippen molar-refractivity contribution in [2.75, 3.05) is 7.11 Å². The molecule has 5 aromatic carbocycles. The van der Waals surface area contributed by atoms with E-state index in [9.17, 15) is 9.90 Å². The molecule has 0 saturated carbocycles. The Balaban J connectivity index is 1.44. The number of phenolic OH excluding ortho intramolecular Hbond substituents is 1. The largest absolute Gasteiger partial charge is 0.508 e. The van der Waals surface area contributed by atoms with Gasteiger partial charge in [0.1, 0.15) is 23.0 Å². The van der Waals surface area contributed by atoms with Crippen molar-refractivity contribution in [3.63, 3.8) is 0 Å². The number of hydrogen-bond donors (Lipinski definition) is 1. The van der Waals surface area contributed by atoms with E-state index < -0.39 is 5.97 Å². The Labute approximate surface area is 244 Å². The average molecular weight is 556 g/mol. The third-order valence-electron chi connectivity index (χ3n) is 6.87. The Morgan fingerprint density at radius 3 is 1.69 bits per heavy atom. The van der Waals surface area contributed by atoms with Crippen molar-refractivity contribution >= 4 is 5.97 Å². The standard InChI is InChI=1S/C36H26O6/c1-22(2)36(38)42-27-18-16-26(17-19-27)41-33-21-23(20-32(35(33)39-3)40-25-14-12-24(37)13-15-25)34-30-10-6-4-8-28(30)29-9-5-7-11-31(29)34/h4-21H,1H2,2-3H3/p+1. The lowest BCUT2D eigenvalue weighted by Gasteiger charge is -2.17. The molecule has 42 heavy (non-hydrogen) atoms. The molecule has 0 amide bonds. The lowest BCUT2D eigenvalue weighted by Crippen LogP contribution is -2.07. The van der Waals surface area contributed by atoms with Crippen molar-refractivity contribution < 1.29 is 28.8 Å². The number of fused-ring (bicyclic) bond motifs is 3. The summed E-state index contributed by atoms with van der Waals surface area (Å²) in [6.45, 7) is 5.21. The smallest absolute Gasteiger partial charge is 0.338 e. The third-order valence-corrected chi connectivity index (χ3v) is 6.87. The van der Waals surface area contributed by atoms with E-state index in [1.54, 1.807) is 62.6 Å². The molecule has 1 aliphatic rings. The van der Waals surface area contributed by atoms with Crippen molar-refractivity contribution in [2.24, 2.45) is 0 Å². The molecule has 0 aromatic heterocycles. The van der Waals surface area contributed by atoms with E-state index in [0.717, 1.165) is 33.7 Å². The Morgan fingerprint density at radius 1 is 0.714 bits per heavy atom. The van der Waals surface area contributed by atoms with Crippen molar-refractivity contribution in [1.82, 2.24) is 0 Å². The molecule has 1 N–H and O–H groups in total. The molecular weight excluding hydrogens is 528 g/mol. The van der Waals surface area contributed by atoms with E-state index in [4.69, 9.17) is 18.9 Å². The molecule has 6 heteroatoms. The van der Waals surface area contributed by atoms with Crippen molar-refractivity contribution in [3.8, 4) is 51.4 Å². The molecule has 6 nitrogen and oxygen atoms in total. The number of benzene rings is 5. The van der Waals surface area contributed by atoms with E-state index in [2.05, 4.69) is 30.8 Å². The summed E-state index contributed by atoms with van der Waals surface area (Å²) >= 11 is 0. The molecular formula is C36H27O6+. The zero-order chi connectivity index (χ0) is 29.2. The summed E-state index contributed by atoms with van der Waals surface area (Å²) in [5, 5.41) is 9.76. The minimum Gasteiger partial charge on any atom is -0.508 e. The monoisotopic (exact) mass is 555 g/mol. The number of rotatable bonds is 8. The highest BCUT2D eigenvalue weighted by Gasteiger charge is 2.37. The van der Waals surface area contributed by atoms with Crippen molar-refractivity contribution in [2.45, 2.75) is 6.92 Å². The molecule has 206 valence electrons. The number of phenols is 1. The Morgan fingerprint density at radius 2 is 1.19 bits per heavy atom. The maximum absolute atomic E-state index is 11.9. The van der Waals surface area contributed by atoms with Crippen LogP contribution in [-0.4, -0.2) is 18.2 Å². The number of carbonyl (C=O) groups is 1. The summed E-state index contributed by atoms with van der Waals surface area (Å²) in [6.07, 6.45) is 0. The fourth-order valence-corrected chi connectivity index (χ4v) is 4.94. The molecule has 0 spiro atoms. The summed E-state index contributed by atoms with van der Waals surface area (Å²) in [4.78, 5) is 11.9. The molecule has 0 radical (unpaired) electrons. The molecule has 0 bridgehead atoms. The first-order valence-electron chi connectivity index (χ1n) is 13.3. The topological polar surface area (TPSA) is 74.2 Å². The quantitative estimate of drug-likeness (QED) is 0.0879. The van der Waals surface area contributed by atoms with E-state index in [1.807, 2.05) is 36.4 Å². The van der Waals surface area contributed by atoms with Gasteiger partial charge in [0.25, 0.3) is 0 Å². The van der Waals surface area contributed by atoms with Gasteiger partial charge in [-0.05, 0) is 104 Å². The van der Waals surface area contributed by atoms with Crippen molar-refractivity contribution in [1.29, 1.82) is 0 Å². The summed E-state index contributed by atoms with van der Waals surface area (Å²) in [6, 6.07) is 33.7. The van der Waals surface area contributed by atoms with Crippen LogP contribution >= 0.6 is 0 Å². The van der Waals surface area contributed by atoms with Crippen LogP contribution in [0.3, 0.4) is 0 Å². The number of ether oxygens (including phenoxy) is 4. The van der Waals surface area contributed by atoms with Gasteiger partial charge >= 0.3 is 5.97 Å². The van der Waals surface area contributed by atoms with Gasteiger partial charge < -0.3 is 24.1 Å². The van der Waals surface area contributed by atoms with E-state index in [0.29, 0.717) is 40.1 Å². The molecule has 0 atom stereocenters. The summed E-state index contributed by atoms with van der Waals surface area (Å²) in [5.74, 6) is 3.37. The van der Waals surface area contributed by atoms with Crippen LogP contribution in [0.2, 0.25) is 0 Å². The van der Waals surface area contributed by atoms with Gasteiger partial charge in [0, 0.05) is 17.7 Å². The Kier molecular flexibility index (Phi) is 7.03. The van der Waals surface area contributed by atoms with Crippen LogP contribution in [-0.2, 0) is 4.79 Å². The van der Waals surface area contributed by atoms with Gasteiger partial charge in [-0.25, -0.2) is 4.79 Å². The molecule has 6 rings (SSSR count). The van der Waals surface area contributed by atoms with Gasteiger partial charge in [-0.1, -0.05) is 6.58 Å². The molecule has 0 saturated heterocycles. The zero-order valence-electron chi connectivity index (χ0n) is 23.1. The Hall–Kier alpha value is -5.62. The van der Waals surface area contributed by atoms with Crippen LogP contribution in [0.4, 0.5) is 0 Å². The molecule has 0 fully saturated rings. The summed E-state index contributed by atoms with van der Waals surface area (Å²) in [5.41, 5.74) is 5.71. The zero-order valence-corrected chi connectivity index (χ0v) is 23.1. The fourth-order valence-electron chi connectivity index (χ4n) is 4.94. The molecule has 1 aliphatic carbocycles. The normalized spacial score (nSPS) is 11.3. The van der Waals surface area contributed by atoms with E-state index in [-0.39, 0.29) is 5.75 Å². The van der Waals surface area contributed by atoms with Gasteiger partial charge in [-0.2, -0.15) is 0 Å². The summed E-state index contributed by atoms with van der Waals surface area (Å²) in [7, 11) is 1.55. The lowest BCUT2D eigenvalue weighted by molar-refractivity contribution is -0.130. The van der Waals surface area contributed by atoms with Gasteiger partial charge in [0.05, 0.1) is 40.8 Å². The highest BCUT2D eigenvalue weighted by Crippen LogP contribution is 2.51. The first kappa shape index (κ1) is 26.6. The second kappa shape index (κ2) is 11.1. The van der Waals surface area contributed by atoms with Crippen LogP contribution in [0, 0.1) is 5.92 Å².